The molecular formula is C18H32IN5. The third-order valence-electron chi connectivity index (χ3n) is 5.25. The Hall–Kier alpha value is -0.790. The predicted octanol–water partition coefficient (Wildman–Crippen LogP) is 3.06. The zero-order valence-corrected chi connectivity index (χ0v) is 17.4. The number of hydrogen-bond acceptors (Lipinski definition) is 2. The van der Waals surface area contributed by atoms with E-state index < -0.39 is 0 Å². The second-order valence-corrected chi connectivity index (χ2v) is 7.07. The lowest BCUT2D eigenvalue weighted by atomic mass is 9.82. The summed E-state index contributed by atoms with van der Waals surface area (Å²) in [5, 5.41) is 7.72. The summed E-state index contributed by atoms with van der Waals surface area (Å²) in [5.74, 6) is 2.94. The Morgan fingerprint density at radius 2 is 2.00 bits per heavy atom. The van der Waals surface area contributed by atoms with Gasteiger partial charge in [-0.1, -0.05) is 12.8 Å². The first kappa shape index (κ1) is 19.5. The predicted molar refractivity (Wildman–Crippen MR) is 110 cm³/mol. The molecule has 0 amide bonds. The van der Waals surface area contributed by atoms with E-state index in [0.29, 0.717) is 0 Å². The van der Waals surface area contributed by atoms with Crippen molar-refractivity contribution in [2.75, 3.05) is 26.2 Å². The molecule has 1 aliphatic carbocycles. The maximum atomic E-state index is 4.88. The van der Waals surface area contributed by atoms with Crippen LogP contribution in [-0.2, 0) is 13.5 Å². The number of aromatic nitrogens is 2. The molecule has 0 bridgehead atoms. The largest absolute Gasteiger partial charge is 0.357 e. The van der Waals surface area contributed by atoms with Crippen LogP contribution in [0.4, 0.5) is 0 Å². The summed E-state index contributed by atoms with van der Waals surface area (Å²) >= 11 is 0. The molecule has 1 aromatic heterocycles. The van der Waals surface area contributed by atoms with Crippen LogP contribution in [0.3, 0.4) is 0 Å². The third kappa shape index (κ3) is 5.10. The van der Waals surface area contributed by atoms with Gasteiger partial charge in [0.25, 0.3) is 0 Å². The first-order valence-corrected chi connectivity index (χ1v) is 9.27. The van der Waals surface area contributed by atoms with Crippen molar-refractivity contribution in [3.05, 3.63) is 18.0 Å². The zero-order chi connectivity index (χ0) is 16.1. The van der Waals surface area contributed by atoms with Crippen LogP contribution in [0.1, 0.15) is 44.6 Å². The summed E-state index contributed by atoms with van der Waals surface area (Å²) in [5.41, 5.74) is 1.31. The minimum Gasteiger partial charge on any atom is -0.357 e. The van der Waals surface area contributed by atoms with Gasteiger partial charge in [0.2, 0.25) is 0 Å². The normalized spacial score (nSPS) is 23.8. The van der Waals surface area contributed by atoms with Gasteiger partial charge in [-0.3, -0.25) is 9.67 Å². The van der Waals surface area contributed by atoms with Crippen molar-refractivity contribution in [3.8, 4) is 0 Å². The molecule has 1 aliphatic heterocycles. The molecule has 5 nitrogen and oxygen atoms in total. The molecule has 2 unspecified atom stereocenters. The van der Waals surface area contributed by atoms with E-state index in [9.17, 15) is 0 Å². The Balaban J connectivity index is 0.00000208. The highest BCUT2D eigenvalue weighted by atomic mass is 127. The van der Waals surface area contributed by atoms with E-state index in [1.165, 1.54) is 44.3 Å². The first-order valence-electron chi connectivity index (χ1n) is 9.27. The summed E-state index contributed by atoms with van der Waals surface area (Å²) in [6.07, 6.45) is 11.9. The van der Waals surface area contributed by atoms with Gasteiger partial charge in [0.15, 0.2) is 5.96 Å². The fourth-order valence-corrected chi connectivity index (χ4v) is 4.07. The summed E-state index contributed by atoms with van der Waals surface area (Å²) < 4.78 is 1.87. The Morgan fingerprint density at radius 3 is 2.58 bits per heavy atom. The number of nitrogens with zero attached hydrogens (tertiary/aromatic N) is 4. The van der Waals surface area contributed by atoms with E-state index in [1.807, 2.05) is 17.9 Å². The second-order valence-electron chi connectivity index (χ2n) is 7.07. The van der Waals surface area contributed by atoms with E-state index in [-0.39, 0.29) is 24.0 Å². The third-order valence-corrected chi connectivity index (χ3v) is 5.25. The summed E-state index contributed by atoms with van der Waals surface area (Å²) in [7, 11) is 1.97. The molecule has 24 heavy (non-hydrogen) atoms. The molecule has 2 atom stereocenters. The van der Waals surface area contributed by atoms with Gasteiger partial charge in [-0.05, 0) is 50.0 Å². The van der Waals surface area contributed by atoms with Crippen LogP contribution in [0.5, 0.6) is 0 Å². The number of fused-ring (bicyclic) bond motifs is 1. The maximum Gasteiger partial charge on any atom is 0.193 e. The van der Waals surface area contributed by atoms with Gasteiger partial charge in [0.05, 0.1) is 6.20 Å². The molecule has 136 valence electrons. The Morgan fingerprint density at radius 1 is 1.29 bits per heavy atom. The standard InChI is InChI=1S/C18H31N5.HI/c1-3-19-18(20-10-6-7-15-11-21-22(2)12-15)23-13-16-8-4-5-9-17(16)14-23;/h11-12,16-17H,3-10,13-14H2,1-2H3,(H,19,20);1H. The zero-order valence-electron chi connectivity index (χ0n) is 15.1. The minimum absolute atomic E-state index is 0. The van der Waals surface area contributed by atoms with Crippen LogP contribution in [0, 0.1) is 11.8 Å². The van der Waals surface area contributed by atoms with E-state index in [0.717, 1.165) is 43.7 Å². The molecule has 0 aromatic carbocycles. The van der Waals surface area contributed by atoms with Crippen molar-refractivity contribution in [2.45, 2.75) is 45.4 Å². The lowest BCUT2D eigenvalue weighted by molar-refractivity contribution is 0.299. The number of nitrogens with one attached hydrogen (secondary N) is 1. The molecule has 0 radical (unpaired) electrons. The van der Waals surface area contributed by atoms with E-state index in [4.69, 9.17) is 4.99 Å². The van der Waals surface area contributed by atoms with Gasteiger partial charge in [-0.25, -0.2) is 0 Å². The Labute approximate surface area is 163 Å². The van der Waals surface area contributed by atoms with Gasteiger partial charge in [-0.2, -0.15) is 5.10 Å². The van der Waals surface area contributed by atoms with Gasteiger partial charge in [-0.15, -0.1) is 24.0 Å². The van der Waals surface area contributed by atoms with E-state index in [1.54, 1.807) is 0 Å². The van der Waals surface area contributed by atoms with Crippen LogP contribution in [0.25, 0.3) is 0 Å². The van der Waals surface area contributed by atoms with Crippen LogP contribution in [0.2, 0.25) is 0 Å². The number of guanidine groups is 1. The molecule has 2 aliphatic rings. The van der Waals surface area contributed by atoms with Crippen LogP contribution in [-0.4, -0.2) is 46.8 Å². The molecular weight excluding hydrogens is 413 g/mol. The smallest absolute Gasteiger partial charge is 0.193 e. The highest BCUT2D eigenvalue weighted by molar-refractivity contribution is 14.0. The molecule has 1 aromatic rings. The topological polar surface area (TPSA) is 45.5 Å². The Bertz CT molecular complexity index is 513. The molecule has 3 rings (SSSR count). The van der Waals surface area contributed by atoms with Crippen molar-refractivity contribution >= 4 is 29.9 Å². The average Bonchev–Trinajstić information content (AvgIpc) is 3.16. The van der Waals surface area contributed by atoms with E-state index >= 15 is 0 Å². The minimum atomic E-state index is 0. The number of halogens is 1. The lowest BCUT2D eigenvalue weighted by Crippen LogP contribution is -2.40. The van der Waals surface area contributed by atoms with Gasteiger partial charge >= 0.3 is 0 Å². The molecule has 2 heterocycles. The van der Waals surface area contributed by atoms with Gasteiger partial charge < -0.3 is 10.2 Å². The van der Waals surface area contributed by atoms with Crippen LogP contribution in [0.15, 0.2) is 17.4 Å². The molecule has 1 N–H and O–H groups in total. The SMILES string of the molecule is CCNC(=NCCCc1cnn(C)c1)N1CC2CCCCC2C1.I. The Kier molecular flexibility index (Phi) is 7.84. The number of rotatable bonds is 5. The highest BCUT2D eigenvalue weighted by Gasteiger charge is 2.35. The molecule has 2 fully saturated rings. The molecule has 1 saturated carbocycles. The van der Waals surface area contributed by atoms with Crippen LogP contribution >= 0.6 is 24.0 Å². The number of aryl methyl sites for hydroxylation is 2. The quantitative estimate of drug-likeness (QED) is 0.328. The van der Waals surface area contributed by atoms with Gasteiger partial charge in [0.1, 0.15) is 0 Å². The van der Waals surface area contributed by atoms with E-state index in [2.05, 4.69) is 28.4 Å². The average molecular weight is 445 g/mol. The lowest BCUT2D eigenvalue weighted by Gasteiger charge is -2.22. The van der Waals surface area contributed by atoms with Crippen molar-refractivity contribution in [3.63, 3.8) is 0 Å². The van der Waals surface area contributed by atoms with Crippen molar-refractivity contribution in [1.29, 1.82) is 0 Å². The fourth-order valence-electron chi connectivity index (χ4n) is 4.07. The summed E-state index contributed by atoms with van der Waals surface area (Å²) in [4.78, 5) is 7.39. The summed E-state index contributed by atoms with van der Waals surface area (Å²) in [6.45, 7) is 6.42. The summed E-state index contributed by atoms with van der Waals surface area (Å²) in [6, 6.07) is 0. The monoisotopic (exact) mass is 445 g/mol. The second kappa shape index (κ2) is 9.63. The first-order chi connectivity index (χ1) is 11.3. The van der Waals surface area contributed by atoms with Crippen molar-refractivity contribution < 1.29 is 0 Å². The molecule has 1 saturated heterocycles. The number of likely N-dealkylation sites (tertiary alicyclic amines) is 1. The van der Waals surface area contributed by atoms with Gasteiger partial charge in [0, 0.05) is 39.4 Å². The molecule has 6 heteroatoms. The maximum absolute atomic E-state index is 4.88. The van der Waals surface area contributed by atoms with Crippen molar-refractivity contribution in [1.82, 2.24) is 20.0 Å². The molecule has 0 spiro atoms. The number of aliphatic imine (C=N–C) groups is 1. The fraction of sp³-hybridized carbons (Fsp3) is 0.778. The highest BCUT2D eigenvalue weighted by Crippen LogP contribution is 2.35. The van der Waals surface area contributed by atoms with Crippen molar-refractivity contribution in [2.24, 2.45) is 23.9 Å². The number of hydrogen-bond donors (Lipinski definition) is 1. The van der Waals surface area contributed by atoms with Crippen LogP contribution < -0.4 is 5.32 Å².